The quantitative estimate of drug-likeness (QED) is 0.445. The molecule has 1 saturated heterocycles. The molecule has 1 aliphatic rings. The predicted octanol–water partition coefficient (Wildman–Crippen LogP) is -0.363. The Labute approximate surface area is 158 Å². The number of tetrazole rings is 1. The minimum absolute atomic E-state index is 0.130. The van der Waals surface area contributed by atoms with Gasteiger partial charge in [0.05, 0.1) is 42.5 Å². The van der Waals surface area contributed by atoms with E-state index in [4.69, 9.17) is 9.26 Å². The van der Waals surface area contributed by atoms with Crippen LogP contribution in [-0.4, -0.2) is 63.4 Å². The van der Waals surface area contributed by atoms with Crippen molar-refractivity contribution in [3.05, 3.63) is 36.5 Å². The first-order chi connectivity index (χ1) is 13.3. The Kier molecular flexibility index (Phi) is 5.25. The lowest BCUT2D eigenvalue weighted by Crippen LogP contribution is -2.62. The highest BCUT2D eigenvalue weighted by Crippen LogP contribution is 2.18. The highest BCUT2D eigenvalue weighted by atomic mass is 32.2. The van der Waals surface area contributed by atoms with Crippen molar-refractivity contribution >= 4 is 23.6 Å². The summed E-state index contributed by atoms with van der Waals surface area (Å²) in [6.45, 7) is 2.69. The van der Waals surface area contributed by atoms with Crippen LogP contribution in [0.1, 0.15) is 0 Å². The van der Waals surface area contributed by atoms with E-state index in [9.17, 15) is 4.79 Å². The van der Waals surface area contributed by atoms with Crippen LogP contribution in [0.25, 0.3) is 5.69 Å². The number of rotatable bonds is 6. The van der Waals surface area contributed by atoms with Gasteiger partial charge in [-0.1, -0.05) is 30.0 Å². The van der Waals surface area contributed by atoms with Gasteiger partial charge in [-0.3, -0.25) is 14.6 Å². The van der Waals surface area contributed by atoms with Crippen molar-refractivity contribution in [2.24, 2.45) is 0 Å². The number of anilines is 1. The van der Waals surface area contributed by atoms with Crippen LogP contribution >= 0.6 is 11.8 Å². The van der Waals surface area contributed by atoms with Gasteiger partial charge >= 0.3 is 5.88 Å². The second-order valence-corrected chi connectivity index (χ2v) is 6.54. The molecule has 0 radical (unpaired) electrons. The maximum absolute atomic E-state index is 12.2. The van der Waals surface area contributed by atoms with Gasteiger partial charge in [0, 0.05) is 0 Å². The smallest absolute Gasteiger partial charge is 0.305 e. The summed E-state index contributed by atoms with van der Waals surface area (Å²) in [6.07, 6.45) is 1.63. The van der Waals surface area contributed by atoms with Gasteiger partial charge in [-0.25, -0.2) is 0 Å². The first-order valence-electron chi connectivity index (χ1n) is 8.28. The molecule has 0 saturated carbocycles. The molecule has 3 aromatic rings. The number of ether oxygens (including phenoxy) is 1. The number of thioether (sulfide) groups is 1. The first kappa shape index (κ1) is 17.4. The van der Waals surface area contributed by atoms with Crippen molar-refractivity contribution in [2.75, 3.05) is 42.4 Å². The van der Waals surface area contributed by atoms with Crippen LogP contribution in [0.5, 0.6) is 0 Å². The molecule has 11 nitrogen and oxygen atoms in total. The Morgan fingerprint density at radius 2 is 2.07 bits per heavy atom. The molecule has 2 aromatic heterocycles. The van der Waals surface area contributed by atoms with Crippen LogP contribution in [0.2, 0.25) is 0 Å². The van der Waals surface area contributed by atoms with Crippen LogP contribution in [-0.2, 0) is 9.53 Å². The zero-order valence-corrected chi connectivity index (χ0v) is 15.1. The molecule has 4 rings (SSSR count). The van der Waals surface area contributed by atoms with Gasteiger partial charge in [-0.2, -0.15) is 4.68 Å². The standard InChI is InChI=1S/C15H16N8O3S/c24-13(16-14-10-22(20-26-14)21-6-8-25-9-7-21)11-27-15-17-18-19-23(15)12-4-2-1-3-5-12/h1-5,10H,6-9,11H2/p+1. The first-order valence-corrected chi connectivity index (χ1v) is 9.26. The lowest BCUT2D eigenvalue weighted by atomic mass is 10.3. The van der Waals surface area contributed by atoms with E-state index in [1.165, 1.54) is 11.8 Å². The van der Waals surface area contributed by atoms with Crippen LogP contribution in [0, 0.1) is 0 Å². The predicted molar refractivity (Wildman–Crippen MR) is 94.0 cm³/mol. The van der Waals surface area contributed by atoms with Gasteiger partial charge in [0.25, 0.3) is 6.20 Å². The molecule has 1 aliphatic heterocycles. The second kappa shape index (κ2) is 8.14. The van der Waals surface area contributed by atoms with Crippen LogP contribution < -0.4 is 15.1 Å². The van der Waals surface area contributed by atoms with Gasteiger partial charge in [0.2, 0.25) is 16.3 Å². The molecule has 1 N–H and O–H groups in total. The number of amides is 1. The molecule has 0 atom stereocenters. The minimum atomic E-state index is -0.243. The van der Waals surface area contributed by atoms with Crippen molar-refractivity contribution in [3.8, 4) is 5.69 Å². The number of carbonyl (C=O) groups excluding carboxylic acids is 1. The third-order valence-electron chi connectivity index (χ3n) is 3.77. The molecule has 0 unspecified atom stereocenters. The maximum Gasteiger partial charge on any atom is 0.305 e. The lowest BCUT2D eigenvalue weighted by molar-refractivity contribution is -0.759. The summed E-state index contributed by atoms with van der Waals surface area (Å²) in [5.74, 6) is 0.161. The summed E-state index contributed by atoms with van der Waals surface area (Å²) in [5.41, 5.74) is 0.826. The average molecular weight is 389 g/mol. The van der Waals surface area contributed by atoms with E-state index in [0.29, 0.717) is 31.5 Å². The highest BCUT2D eigenvalue weighted by molar-refractivity contribution is 7.99. The number of nitrogens with zero attached hydrogens (tertiary/aromatic N) is 7. The summed E-state index contributed by atoms with van der Waals surface area (Å²) >= 11 is 1.23. The Morgan fingerprint density at radius 3 is 2.89 bits per heavy atom. The van der Waals surface area contributed by atoms with Gasteiger partial charge in [0.1, 0.15) is 0 Å². The summed E-state index contributed by atoms with van der Waals surface area (Å²) in [7, 11) is 0. The number of benzene rings is 1. The molecule has 140 valence electrons. The fourth-order valence-corrected chi connectivity index (χ4v) is 3.18. The third-order valence-corrected chi connectivity index (χ3v) is 4.69. The normalized spacial score (nSPS) is 14.3. The molecule has 1 aromatic carbocycles. The Hall–Kier alpha value is -2.99. The number of para-hydroxylation sites is 1. The van der Waals surface area contributed by atoms with Crippen LogP contribution in [0.4, 0.5) is 5.88 Å². The zero-order chi connectivity index (χ0) is 18.5. The van der Waals surface area contributed by atoms with Gasteiger partial charge in [-0.05, 0) is 22.6 Å². The molecule has 0 spiro atoms. The fourth-order valence-electron chi connectivity index (χ4n) is 2.49. The van der Waals surface area contributed by atoms with E-state index in [1.807, 2.05) is 35.3 Å². The fraction of sp³-hybridized carbons (Fsp3) is 0.333. The van der Waals surface area contributed by atoms with Crippen LogP contribution in [0.15, 0.2) is 46.2 Å². The third kappa shape index (κ3) is 4.23. The van der Waals surface area contributed by atoms with Crippen molar-refractivity contribution in [1.29, 1.82) is 0 Å². The molecule has 0 bridgehead atoms. The number of hydrogen-bond acceptors (Lipinski definition) is 9. The molecule has 27 heavy (non-hydrogen) atoms. The number of aromatic nitrogens is 6. The molecular formula is C15H17N8O3S+. The van der Waals surface area contributed by atoms with E-state index in [1.54, 1.807) is 15.7 Å². The van der Waals surface area contributed by atoms with E-state index in [0.717, 1.165) is 5.69 Å². The molecule has 0 aliphatic carbocycles. The lowest BCUT2D eigenvalue weighted by Gasteiger charge is -2.18. The van der Waals surface area contributed by atoms with Gasteiger partial charge in [0.15, 0.2) is 0 Å². The summed E-state index contributed by atoms with van der Waals surface area (Å²) in [4.78, 5) is 13.8. The zero-order valence-electron chi connectivity index (χ0n) is 14.3. The summed E-state index contributed by atoms with van der Waals surface area (Å²) in [5, 5.41) is 20.7. The Bertz CT molecular complexity index is 893. The largest absolute Gasteiger partial charge is 0.377 e. The summed E-state index contributed by atoms with van der Waals surface area (Å²) < 4.78 is 12.0. The number of nitrogens with one attached hydrogen (secondary N) is 1. The number of hydrogen-bond donors (Lipinski definition) is 1. The summed E-state index contributed by atoms with van der Waals surface area (Å²) in [6, 6.07) is 9.48. The van der Waals surface area contributed by atoms with Gasteiger partial charge < -0.3 is 4.74 Å². The number of morpholine rings is 1. The van der Waals surface area contributed by atoms with E-state index in [-0.39, 0.29) is 17.5 Å². The minimum Gasteiger partial charge on any atom is -0.377 e. The monoisotopic (exact) mass is 389 g/mol. The van der Waals surface area contributed by atoms with E-state index < -0.39 is 0 Å². The van der Waals surface area contributed by atoms with Crippen molar-refractivity contribution < 1.29 is 18.8 Å². The van der Waals surface area contributed by atoms with E-state index >= 15 is 0 Å². The number of carbonyl (C=O) groups is 1. The Balaban J connectivity index is 1.33. The van der Waals surface area contributed by atoms with Crippen molar-refractivity contribution in [2.45, 2.75) is 5.16 Å². The van der Waals surface area contributed by atoms with Crippen molar-refractivity contribution in [3.63, 3.8) is 0 Å². The molecule has 3 heterocycles. The SMILES string of the molecule is O=C(CSc1nnnn1-c1ccccc1)Nc1c[n+](N2CCOCC2)no1. The van der Waals surface area contributed by atoms with Gasteiger partial charge in [-0.15, -0.1) is 10.1 Å². The topological polar surface area (TPSA) is 115 Å². The molecule has 12 heteroatoms. The second-order valence-electron chi connectivity index (χ2n) is 5.60. The van der Waals surface area contributed by atoms with Crippen LogP contribution in [0.3, 0.4) is 0 Å². The average Bonchev–Trinajstić information content (AvgIpc) is 3.37. The molecule has 1 amide bonds. The highest BCUT2D eigenvalue weighted by Gasteiger charge is 2.23. The Morgan fingerprint density at radius 1 is 1.26 bits per heavy atom. The molecular weight excluding hydrogens is 372 g/mol. The van der Waals surface area contributed by atoms with Crippen molar-refractivity contribution in [1.82, 2.24) is 25.5 Å². The maximum atomic E-state index is 12.2. The van der Waals surface area contributed by atoms with E-state index in [2.05, 4.69) is 26.1 Å². The molecule has 1 fully saturated rings.